The summed E-state index contributed by atoms with van der Waals surface area (Å²) >= 11 is 3.25. The van der Waals surface area contributed by atoms with Gasteiger partial charge in [0.25, 0.3) is 0 Å². The van der Waals surface area contributed by atoms with Crippen molar-refractivity contribution in [1.29, 1.82) is 0 Å². The highest BCUT2D eigenvalue weighted by molar-refractivity contribution is 9.10. The van der Waals surface area contributed by atoms with Crippen molar-refractivity contribution in [2.75, 3.05) is 5.75 Å². The zero-order valence-corrected chi connectivity index (χ0v) is 10.1. The van der Waals surface area contributed by atoms with Gasteiger partial charge < -0.3 is 10.8 Å². The van der Waals surface area contributed by atoms with E-state index in [1.54, 1.807) is 24.3 Å². The number of aliphatic carboxylic acids is 1. The number of hydrogen-bond acceptors (Lipinski definition) is 3. The van der Waals surface area contributed by atoms with Crippen molar-refractivity contribution in [1.82, 2.24) is 0 Å². The molecule has 0 saturated carbocycles. The Morgan fingerprint density at radius 1 is 1.47 bits per heavy atom. The molecule has 1 aromatic carbocycles. The molecule has 0 aliphatic carbocycles. The van der Waals surface area contributed by atoms with Crippen LogP contribution in [0.4, 0.5) is 0 Å². The predicted octanol–water partition coefficient (Wildman–Crippen LogP) is 0.969. The zero-order valence-electron chi connectivity index (χ0n) is 7.72. The first-order valence-electron chi connectivity index (χ1n) is 4.13. The van der Waals surface area contributed by atoms with Crippen LogP contribution < -0.4 is 5.73 Å². The second-order valence-electron chi connectivity index (χ2n) is 2.91. The second kappa shape index (κ2) is 5.39. The molecule has 0 spiro atoms. The van der Waals surface area contributed by atoms with Gasteiger partial charge in [0.2, 0.25) is 0 Å². The Morgan fingerprint density at radius 2 is 2.00 bits per heavy atom. The van der Waals surface area contributed by atoms with E-state index >= 15 is 0 Å². The lowest BCUT2D eigenvalue weighted by Gasteiger charge is -2.06. The van der Waals surface area contributed by atoms with Crippen molar-refractivity contribution in [2.45, 2.75) is 10.9 Å². The predicted molar refractivity (Wildman–Crippen MR) is 61.0 cm³/mol. The Bertz CT molecular complexity index is 379. The van der Waals surface area contributed by atoms with E-state index in [4.69, 9.17) is 10.8 Å². The summed E-state index contributed by atoms with van der Waals surface area (Å²) in [6.07, 6.45) is 0. The lowest BCUT2D eigenvalue weighted by atomic mass is 10.4. The van der Waals surface area contributed by atoms with Gasteiger partial charge in [0, 0.05) is 9.37 Å². The number of hydrogen-bond donors (Lipinski definition) is 2. The molecule has 0 saturated heterocycles. The first-order valence-corrected chi connectivity index (χ1v) is 6.24. The molecule has 4 nitrogen and oxygen atoms in total. The fourth-order valence-corrected chi connectivity index (χ4v) is 2.28. The summed E-state index contributed by atoms with van der Waals surface area (Å²) in [6.45, 7) is 0. The molecule has 3 N–H and O–H groups in total. The van der Waals surface area contributed by atoms with Gasteiger partial charge in [-0.2, -0.15) is 0 Å². The Labute approximate surface area is 98.1 Å². The summed E-state index contributed by atoms with van der Waals surface area (Å²) in [5, 5.41) is 8.55. The monoisotopic (exact) mass is 291 g/mol. The van der Waals surface area contributed by atoms with Crippen LogP contribution in [0.25, 0.3) is 0 Å². The lowest BCUT2D eigenvalue weighted by Crippen LogP contribution is -2.35. The number of halogens is 1. The molecule has 0 heterocycles. The summed E-state index contributed by atoms with van der Waals surface area (Å²) < 4.78 is 12.5. The quantitative estimate of drug-likeness (QED) is 0.866. The average molecular weight is 292 g/mol. The summed E-state index contributed by atoms with van der Waals surface area (Å²) in [5.74, 6) is -1.21. The highest BCUT2D eigenvalue weighted by Crippen LogP contribution is 2.13. The topological polar surface area (TPSA) is 80.4 Å². The van der Waals surface area contributed by atoms with Gasteiger partial charge in [-0.15, -0.1) is 0 Å². The van der Waals surface area contributed by atoms with E-state index in [0.29, 0.717) is 4.90 Å². The largest absolute Gasteiger partial charge is 0.480 e. The summed E-state index contributed by atoms with van der Waals surface area (Å²) in [4.78, 5) is 11.0. The second-order valence-corrected chi connectivity index (χ2v) is 5.32. The molecule has 1 aromatic rings. The molecule has 0 fully saturated rings. The number of rotatable bonds is 4. The highest BCUT2D eigenvalue weighted by Gasteiger charge is 2.16. The van der Waals surface area contributed by atoms with Crippen LogP contribution in [-0.4, -0.2) is 27.1 Å². The average Bonchev–Trinajstić information content (AvgIpc) is 2.18. The maximum atomic E-state index is 11.6. The first kappa shape index (κ1) is 12.4. The van der Waals surface area contributed by atoms with Crippen LogP contribution in [0.1, 0.15) is 0 Å². The van der Waals surface area contributed by atoms with E-state index in [1.165, 1.54) is 0 Å². The smallest absolute Gasteiger partial charge is 0.321 e. The minimum absolute atomic E-state index is 0.0725. The van der Waals surface area contributed by atoms with Gasteiger partial charge in [-0.1, -0.05) is 15.9 Å². The lowest BCUT2D eigenvalue weighted by molar-refractivity contribution is -0.137. The highest BCUT2D eigenvalue weighted by atomic mass is 79.9. The van der Waals surface area contributed by atoms with E-state index in [9.17, 15) is 9.00 Å². The molecular formula is C9H10BrNO3S. The van der Waals surface area contributed by atoms with Crippen molar-refractivity contribution in [2.24, 2.45) is 5.73 Å². The number of carboxylic acid groups (broad SMARTS) is 1. The van der Waals surface area contributed by atoms with Crippen LogP contribution in [-0.2, 0) is 15.6 Å². The zero-order chi connectivity index (χ0) is 11.4. The van der Waals surface area contributed by atoms with E-state index < -0.39 is 22.8 Å². The van der Waals surface area contributed by atoms with Crippen molar-refractivity contribution < 1.29 is 14.1 Å². The van der Waals surface area contributed by atoms with Crippen molar-refractivity contribution in [3.8, 4) is 0 Å². The van der Waals surface area contributed by atoms with E-state index in [0.717, 1.165) is 4.47 Å². The van der Waals surface area contributed by atoms with Gasteiger partial charge in [-0.25, -0.2) is 0 Å². The molecule has 0 aromatic heterocycles. The maximum Gasteiger partial charge on any atom is 0.321 e. The molecule has 2 unspecified atom stereocenters. The van der Waals surface area contributed by atoms with Crippen molar-refractivity contribution in [3.05, 3.63) is 28.7 Å². The molecule has 2 atom stereocenters. The Morgan fingerprint density at radius 3 is 2.47 bits per heavy atom. The van der Waals surface area contributed by atoms with Crippen LogP contribution in [0, 0.1) is 0 Å². The van der Waals surface area contributed by atoms with Crippen LogP contribution in [0.15, 0.2) is 33.6 Å². The number of nitrogens with two attached hydrogens (primary N) is 1. The van der Waals surface area contributed by atoms with Gasteiger partial charge in [-0.3, -0.25) is 9.00 Å². The summed E-state index contributed by atoms with van der Waals surface area (Å²) in [6, 6.07) is 5.76. The van der Waals surface area contributed by atoms with E-state index in [-0.39, 0.29) is 5.75 Å². The number of carboxylic acids is 1. The Kier molecular flexibility index (Phi) is 4.44. The molecule has 15 heavy (non-hydrogen) atoms. The third-order valence-corrected chi connectivity index (χ3v) is 3.71. The number of benzene rings is 1. The van der Waals surface area contributed by atoms with Gasteiger partial charge in [-0.05, 0) is 24.3 Å². The van der Waals surface area contributed by atoms with Gasteiger partial charge in [0.15, 0.2) is 0 Å². The molecule has 0 radical (unpaired) electrons. The normalized spacial score (nSPS) is 14.5. The molecule has 82 valence electrons. The number of carbonyl (C=O) groups is 1. The molecular weight excluding hydrogens is 282 g/mol. The molecule has 0 bridgehead atoms. The molecule has 1 rings (SSSR count). The van der Waals surface area contributed by atoms with Crippen molar-refractivity contribution in [3.63, 3.8) is 0 Å². The standard InChI is InChI=1S/C9H10BrNO3S/c10-6-1-3-7(4-2-6)15(14)5-8(11)9(12)13/h1-4,8H,5,11H2,(H,12,13). The van der Waals surface area contributed by atoms with Gasteiger partial charge in [0.05, 0.1) is 16.6 Å². The molecule has 0 aliphatic rings. The fourth-order valence-electron chi connectivity index (χ4n) is 0.917. The SMILES string of the molecule is NC(CS(=O)c1ccc(Br)cc1)C(=O)O. The Balaban J connectivity index is 2.69. The Hall–Kier alpha value is -0.720. The minimum Gasteiger partial charge on any atom is -0.480 e. The third kappa shape index (κ3) is 3.73. The van der Waals surface area contributed by atoms with Crippen molar-refractivity contribution >= 4 is 32.7 Å². The van der Waals surface area contributed by atoms with Gasteiger partial charge >= 0.3 is 5.97 Å². The van der Waals surface area contributed by atoms with E-state index in [2.05, 4.69) is 15.9 Å². The molecule has 0 aliphatic heterocycles. The molecule has 0 amide bonds. The fraction of sp³-hybridized carbons (Fsp3) is 0.222. The molecule has 6 heteroatoms. The van der Waals surface area contributed by atoms with Crippen LogP contribution in [0.3, 0.4) is 0 Å². The minimum atomic E-state index is -1.37. The summed E-state index contributed by atoms with van der Waals surface area (Å²) in [5.41, 5.74) is 5.28. The summed E-state index contributed by atoms with van der Waals surface area (Å²) in [7, 11) is -1.37. The first-order chi connectivity index (χ1) is 7.00. The van der Waals surface area contributed by atoms with Crippen LogP contribution in [0.5, 0.6) is 0 Å². The van der Waals surface area contributed by atoms with Gasteiger partial charge in [0.1, 0.15) is 6.04 Å². The maximum absolute atomic E-state index is 11.6. The third-order valence-electron chi connectivity index (χ3n) is 1.72. The van der Waals surface area contributed by atoms with E-state index in [1.807, 2.05) is 0 Å². The van der Waals surface area contributed by atoms with Crippen LogP contribution >= 0.6 is 15.9 Å². The van der Waals surface area contributed by atoms with Crippen LogP contribution in [0.2, 0.25) is 0 Å².